The fraction of sp³-hybridized carbons (Fsp3) is 0.121. The zero-order valence-corrected chi connectivity index (χ0v) is 24.4. The molecule has 1 N–H and O–H groups in total. The largest absolute Gasteiger partial charge is 0.455 e. The molecule has 1 amide bonds. The third-order valence-electron chi connectivity index (χ3n) is 7.55. The lowest BCUT2D eigenvalue weighted by molar-refractivity contribution is 0.0964. The zero-order chi connectivity index (χ0) is 30.5. The summed E-state index contributed by atoms with van der Waals surface area (Å²) in [7, 11) is -0.722. The molecule has 0 aliphatic rings. The lowest BCUT2D eigenvalue weighted by Crippen LogP contribution is -2.25. The Morgan fingerprint density at radius 2 is 1.56 bits per heavy atom. The third-order valence-corrected chi connectivity index (χ3v) is 8.75. The smallest absolute Gasteiger partial charge is 0.255 e. The van der Waals surface area contributed by atoms with Crippen molar-refractivity contribution in [3.8, 4) is 22.5 Å². The molecule has 0 unspecified atom stereocenters. The van der Waals surface area contributed by atoms with E-state index in [-0.39, 0.29) is 17.1 Å². The van der Waals surface area contributed by atoms with Gasteiger partial charge in [-0.15, -0.1) is 0 Å². The Bertz CT molecular complexity index is 2120. The van der Waals surface area contributed by atoms with Crippen LogP contribution in [0.2, 0.25) is 0 Å². The summed E-state index contributed by atoms with van der Waals surface area (Å²) in [5.41, 5.74) is 4.49. The number of sulfonamides is 1. The maximum atomic E-state index is 13.7. The quantitative estimate of drug-likeness (QED) is 0.219. The van der Waals surface area contributed by atoms with Crippen molar-refractivity contribution in [1.82, 2.24) is 9.88 Å². The van der Waals surface area contributed by atoms with Crippen LogP contribution in [-0.2, 0) is 16.6 Å². The normalized spacial score (nSPS) is 11.7. The van der Waals surface area contributed by atoms with Crippen LogP contribution in [0, 0.1) is 11.6 Å². The van der Waals surface area contributed by atoms with Crippen molar-refractivity contribution in [2.24, 2.45) is 0 Å². The van der Waals surface area contributed by atoms with E-state index >= 15 is 0 Å². The van der Waals surface area contributed by atoms with E-state index in [1.165, 1.54) is 54.8 Å². The minimum atomic E-state index is -3.69. The minimum absolute atomic E-state index is 0.239. The van der Waals surface area contributed by atoms with E-state index in [0.717, 1.165) is 22.7 Å². The number of furan rings is 1. The standard InChI is InChI=1S/C33H27F2N3O4S/c1-36-33(39)31-27-17-26(23-7-6-21-14-15-38(28(21)16-23)19-20-4-10-24(34)11-5-20)29(37(2)43(3,40)41)18-30(27)42-32(31)22-8-12-25(35)13-9-22/h4-18H,19H2,1-3H3,(H,36,39). The van der Waals surface area contributed by atoms with Crippen LogP contribution in [0.1, 0.15) is 15.9 Å². The van der Waals surface area contributed by atoms with Gasteiger partial charge in [0.2, 0.25) is 10.0 Å². The molecule has 0 saturated carbocycles. The Morgan fingerprint density at radius 1 is 0.907 bits per heavy atom. The molecule has 2 aromatic heterocycles. The third kappa shape index (κ3) is 5.25. The Morgan fingerprint density at radius 3 is 2.21 bits per heavy atom. The molecule has 0 spiro atoms. The SMILES string of the molecule is CNC(=O)c1c(-c2ccc(F)cc2)oc2cc(N(C)S(C)(=O)=O)c(-c3ccc4ccn(Cc5ccc(F)cc5)c4c3)cc12. The van der Waals surface area contributed by atoms with E-state index in [2.05, 4.69) is 5.32 Å². The average Bonchev–Trinajstić information content (AvgIpc) is 3.57. The summed E-state index contributed by atoms with van der Waals surface area (Å²) in [5.74, 6) is -0.903. The van der Waals surface area contributed by atoms with Crippen molar-refractivity contribution in [3.63, 3.8) is 0 Å². The number of halogens is 2. The van der Waals surface area contributed by atoms with Gasteiger partial charge in [-0.1, -0.05) is 24.3 Å². The van der Waals surface area contributed by atoms with Crippen LogP contribution in [0.3, 0.4) is 0 Å². The molecular weight excluding hydrogens is 572 g/mol. The number of carbonyl (C=O) groups excluding carboxylic acids is 1. The molecule has 2 heterocycles. The first-order chi connectivity index (χ1) is 20.5. The second-order valence-corrected chi connectivity index (χ2v) is 12.3. The Kier molecular flexibility index (Phi) is 7.01. The van der Waals surface area contributed by atoms with Crippen molar-refractivity contribution >= 4 is 43.5 Å². The predicted octanol–water partition coefficient (Wildman–Crippen LogP) is 6.80. The maximum absolute atomic E-state index is 13.7. The Balaban J connectivity index is 1.58. The van der Waals surface area contributed by atoms with Crippen LogP contribution in [-0.4, -0.2) is 39.2 Å². The number of aromatic nitrogens is 1. The highest BCUT2D eigenvalue weighted by atomic mass is 32.2. The highest BCUT2D eigenvalue weighted by molar-refractivity contribution is 7.92. The summed E-state index contributed by atoms with van der Waals surface area (Å²) in [6.07, 6.45) is 3.05. The molecule has 7 nitrogen and oxygen atoms in total. The molecule has 4 aromatic carbocycles. The van der Waals surface area contributed by atoms with Gasteiger partial charge in [-0.05, 0) is 71.1 Å². The van der Waals surface area contributed by atoms with Gasteiger partial charge in [0.1, 0.15) is 23.0 Å². The number of fused-ring (bicyclic) bond motifs is 2. The van der Waals surface area contributed by atoms with Crippen LogP contribution < -0.4 is 9.62 Å². The van der Waals surface area contributed by atoms with E-state index in [9.17, 15) is 22.0 Å². The summed E-state index contributed by atoms with van der Waals surface area (Å²) in [6.45, 7) is 0.506. The monoisotopic (exact) mass is 599 g/mol. The Labute approximate surface area is 247 Å². The number of rotatable bonds is 7. The molecule has 0 atom stereocenters. The van der Waals surface area contributed by atoms with Crippen LogP contribution in [0.25, 0.3) is 44.3 Å². The summed E-state index contributed by atoms with van der Waals surface area (Å²) in [4.78, 5) is 13.2. The molecule has 10 heteroatoms. The van der Waals surface area contributed by atoms with Crippen LogP contribution in [0.4, 0.5) is 14.5 Å². The number of anilines is 1. The fourth-order valence-electron chi connectivity index (χ4n) is 5.23. The lowest BCUT2D eigenvalue weighted by atomic mass is 9.98. The molecule has 0 aliphatic heterocycles. The van der Waals surface area contributed by atoms with Gasteiger partial charge >= 0.3 is 0 Å². The number of benzene rings is 4. The van der Waals surface area contributed by atoms with E-state index < -0.39 is 21.7 Å². The van der Waals surface area contributed by atoms with Crippen LogP contribution in [0.15, 0.2) is 95.5 Å². The van der Waals surface area contributed by atoms with Gasteiger partial charge in [0.15, 0.2) is 0 Å². The molecule has 6 rings (SSSR count). The van der Waals surface area contributed by atoms with E-state index in [1.54, 1.807) is 24.3 Å². The molecule has 6 aromatic rings. The van der Waals surface area contributed by atoms with Gasteiger partial charge in [0.25, 0.3) is 5.91 Å². The van der Waals surface area contributed by atoms with Gasteiger partial charge in [-0.2, -0.15) is 0 Å². The average molecular weight is 600 g/mol. The van der Waals surface area contributed by atoms with Crippen LogP contribution >= 0.6 is 0 Å². The molecule has 0 fully saturated rings. The van der Waals surface area contributed by atoms with Crippen molar-refractivity contribution in [1.29, 1.82) is 0 Å². The number of hydrogen-bond acceptors (Lipinski definition) is 4. The van der Waals surface area contributed by atoms with Crippen LogP contribution in [0.5, 0.6) is 0 Å². The van der Waals surface area contributed by atoms with Crippen molar-refractivity contribution in [3.05, 3.63) is 114 Å². The van der Waals surface area contributed by atoms with E-state index in [0.29, 0.717) is 39.9 Å². The fourth-order valence-corrected chi connectivity index (χ4v) is 5.74. The number of amides is 1. The zero-order valence-electron chi connectivity index (χ0n) is 23.6. The molecule has 0 bridgehead atoms. The van der Waals surface area contributed by atoms with Crippen molar-refractivity contribution in [2.75, 3.05) is 24.7 Å². The molecule has 218 valence electrons. The van der Waals surface area contributed by atoms with Crippen molar-refractivity contribution < 1.29 is 26.4 Å². The number of carbonyl (C=O) groups is 1. The summed E-state index contributed by atoms with van der Waals surface area (Å²) in [6, 6.07) is 23.0. The molecule has 0 aliphatic carbocycles. The summed E-state index contributed by atoms with van der Waals surface area (Å²) < 4.78 is 62.0. The first-order valence-corrected chi connectivity index (χ1v) is 15.2. The first kappa shape index (κ1) is 28.2. The maximum Gasteiger partial charge on any atom is 0.255 e. The molecular formula is C33H27F2N3O4S. The minimum Gasteiger partial charge on any atom is -0.455 e. The van der Waals surface area contributed by atoms with Gasteiger partial charge in [-0.3, -0.25) is 9.10 Å². The molecule has 0 radical (unpaired) electrons. The predicted molar refractivity (Wildman–Crippen MR) is 165 cm³/mol. The number of nitrogens with zero attached hydrogens (tertiary/aromatic N) is 2. The highest BCUT2D eigenvalue weighted by Gasteiger charge is 2.26. The highest BCUT2D eigenvalue weighted by Crippen LogP contribution is 2.42. The van der Waals surface area contributed by atoms with Gasteiger partial charge < -0.3 is 14.3 Å². The lowest BCUT2D eigenvalue weighted by Gasteiger charge is -2.21. The first-order valence-electron chi connectivity index (χ1n) is 13.4. The van der Waals surface area contributed by atoms with E-state index in [4.69, 9.17) is 4.42 Å². The number of hydrogen-bond donors (Lipinski definition) is 1. The second kappa shape index (κ2) is 10.7. The van der Waals surface area contributed by atoms with E-state index in [1.807, 2.05) is 35.0 Å². The summed E-state index contributed by atoms with van der Waals surface area (Å²) in [5, 5.41) is 4.09. The van der Waals surface area contributed by atoms with Crippen molar-refractivity contribution in [2.45, 2.75) is 6.54 Å². The second-order valence-electron chi connectivity index (χ2n) is 10.3. The van der Waals surface area contributed by atoms with Gasteiger partial charge in [0, 0.05) is 54.9 Å². The number of nitrogens with one attached hydrogen (secondary N) is 1. The van der Waals surface area contributed by atoms with Gasteiger partial charge in [-0.25, -0.2) is 17.2 Å². The topological polar surface area (TPSA) is 84.6 Å². The summed E-state index contributed by atoms with van der Waals surface area (Å²) >= 11 is 0. The molecule has 0 saturated heterocycles. The Hall–Kier alpha value is -4.96. The van der Waals surface area contributed by atoms with Gasteiger partial charge in [0.05, 0.1) is 17.5 Å². The molecule has 43 heavy (non-hydrogen) atoms.